The summed E-state index contributed by atoms with van der Waals surface area (Å²) < 4.78 is 4.51. The second-order valence-corrected chi connectivity index (χ2v) is 5.97. The Morgan fingerprint density at radius 3 is 2.48 bits per heavy atom. The summed E-state index contributed by atoms with van der Waals surface area (Å²) in [6, 6.07) is 19.0. The van der Waals surface area contributed by atoms with Gasteiger partial charge in [0.2, 0.25) is 5.82 Å². The van der Waals surface area contributed by atoms with E-state index in [1.165, 1.54) is 27.9 Å². The molecule has 0 aliphatic heterocycles. The number of nitrogens with zero attached hydrogens (tertiary/aromatic N) is 2. The lowest BCUT2D eigenvalue weighted by Crippen LogP contribution is -2.36. The standard InChI is InChI=1S/C20H20N3/c1-15-18-10-6-7-11-19(18)21-20(15)23-13-12-22(16(23)2)14-17-8-4-3-5-9-17/h3-13,21H,14H2,1-2H3/q+1. The molecule has 0 fully saturated rings. The second-order valence-electron chi connectivity index (χ2n) is 5.97. The summed E-state index contributed by atoms with van der Waals surface area (Å²) in [4.78, 5) is 3.55. The van der Waals surface area contributed by atoms with Crippen LogP contribution in [0.1, 0.15) is 17.0 Å². The van der Waals surface area contributed by atoms with Crippen LogP contribution in [0.5, 0.6) is 0 Å². The fourth-order valence-electron chi connectivity index (χ4n) is 3.19. The molecule has 0 amide bonds. The Bertz CT molecular complexity index is 961. The highest BCUT2D eigenvalue weighted by atomic mass is 15.2. The Morgan fingerprint density at radius 2 is 1.70 bits per heavy atom. The molecule has 114 valence electrons. The molecule has 0 bridgehead atoms. The van der Waals surface area contributed by atoms with Crippen LogP contribution in [0.4, 0.5) is 0 Å². The number of fused-ring (bicyclic) bond motifs is 1. The Kier molecular flexibility index (Phi) is 3.27. The van der Waals surface area contributed by atoms with Crippen molar-refractivity contribution in [3.8, 4) is 5.82 Å². The van der Waals surface area contributed by atoms with Crippen LogP contribution in [-0.2, 0) is 6.54 Å². The van der Waals surface area contributed by atoms with E-state index in [0.717, 1.165) is 12.4 Å². The molecule has 2 aromatic carbocycles. The van der Waals surface area contributed by atoms with Crippen LogP contribution in [0, 0.1) is 13.8 Å². The molecule has 0 unspecified atom stereocenters. The molecule has 3 heteroatoms. The van der Waals surface area contributed by atoms with E-state index < -0.39 is 0 Å². The van der Waals surface area contributed by atoms with E-state index in [4.69, 9.17) is 0 Å². The summed E-state index contributed by atoms with van der Waals surface area (Å²) in [7, 11) is 0. The summed E-state index contributed by atoms with van der Waals surface area (Å²) in [5.74, 6) is 2.36. The number of benzene rings is 2. The van der Waals surface area contributed by atoms with E-state index in [-0.39, 0.29) is 0 Å². The molecule has 0 aliphatic carbocycles. The fraction of sp³-hybridized carbons (Fsp3) is 0.150. The van der Waals surface area contributed by atoms with E-state index >= 15 is 0 Å². The molecule has 0 aliphatic rings. The van der Waals surface area contributed by atoms with E-state index in [1.807, 2.05) is 0 Å². The highest BCUT2D eigenvalue weighted by Gasteiger charge is 2.19. The van der Waals surface area contributed by atoms with E-state index in [9.17, 15) is 0 Å². The van der Waals surface area contributed by atoms with Crippen molar-refractivity contribution in [2.24, 2.45) is 0 Å². The van der Waals surface area contributed by atoms with Crippen molar-refractivity contribution < 1.29 is 4.57 Å². The molecular formula is C20H20N3+. The van der Waals surface area contributed by atoms with Gasteiger partial charge in [-0.05, 0) is 18.6 Å². The van der Waals surface area contributed by atoms with Crippen molar-refractivity contribution in [2.75, 3.05) is 0 Å². The van der Waals surface area contributed by atoms with Crippen LogP contribution in [0.25, 0.3) is 16.7 Å². The quantitative estimate of drug-likeness (QED) is 0.555. The summed E-state index contributed by atoms with van der Waals surface area (Å²) in [5.41, 5.74) is 3.78. The highest BCUT2D eigenvalue weighted by molar-refractivity contribution is 5.86. The van der Waals surface area contributed by atoms with Crippen LogP contribution in [-0.4, -0.2) is 9.55 Å². The van der Waals surface area contributed by atoms with Crippen LogP contribution in [0.3, 0.4) is 0 Å². The Labute approximate surface area is 135 Å². The minimum Gasteiger partial charge on any atom is -0.321 e. The smallest absolute Gasteiger partial charge is 0.259 e. The molecule has 0 saturated carbocycles. The van der Waals surface area contributed by atoms with Gasteiger partial charge in [0.15, 0.2) is 0 Å². The van der Waals surface area contributed by atoms with Crippen LogP contribution in [0.15, 0.2) is 67.0 Å². The minimum atomic E-state index is 0.888. The number of aromatic amines is 1. The lowest BCUT2D eigenvalue weighted by molar-refractivity contribution is -0.693. The van der Waals surface area contributed by atoms with Gasteiger partial charge in [-0.3, -0.25) is 0 Å². The monoisotopic (exact) mass is 302 g/mol. The molecule has 0 radical (unpaired) electrons. The molecule has 4 rings (SSSR count). The molecule has 1 N–H and O–H groups in total. The van der Waals surface area contributed by atoms with Gasteiger partial charge < -0.3 is 4.98 Å². The number of aromatic nitrogens is 3. The zero-order chi connectivity index (χ0) is 15.8. The minimum absolute atomic E-state index is 0.888. The zero-order valence-electron chi connectivity index (χ0n) is 13.5. The number of hydrogen-bond donors (Lipinski definition) is 1. The predicted octanol–water partition coefficient (Wildman–Crippen LogP) is 3.91. The third-order valence-electron chi connectivity index (χ3n) is 4.54. The van der Waals surface area contributed by atoms with Crippen molar-refractivity contribution in [2.45, 2.75) is 20.4 Å². The summed E-state index contributed by atoms with van der Waals surface area (Å²) in [5, 5.41) is 1.28. The van der Waals surface area contributed by atoms with Gasteiger partial charge in [0, 0.05) is 23.4 Å². The molecular weight excluding hydrogens is 282 g/mol. The normalized spacial score (nSPS) is 11.2. The zero-order valence-corrected chi connectivity index (χ0v) is 13.5. The van der Waals surface area contributed by atoms with Crippen molar-refractivity contribution >= 4 is 10.9 Å². The first-order valence-corrected chi connectivity index (χ1v) is 7.93. The average molecular weight is 302 g/mol. The fourth-order valence-corrected chi connectivity index (χ4v) is 3.19. The maximum Gasteiger partial charge on any atom is 0.259 e. The molecule has 23 heavy (non-hydrogen) atoms. The average Bonchev–Trinajstić information content (AvgIpc) is 3.10. The van der Waals surface area contributed by atoms with Crippen molar-refractivity contribution in [3.63, 3.8) is 0 Å². The number of rotatable bonds is 3. The first-order chi connectivity index (χ1) is 11.2. The number of aryl methyl sites for hydroxylation is 1. The molecule has 3 nitrogen and oxygen atoms in total. The third kappa shape index (κ3) is 2.34. The molecule has 0 spiro atoms. The number of imidazole rings is 1. The molecule has 0 saturated heterocycles. The van der Waals surface area contributed by atoms with Gasteiger partial charge in [0.1, 0.15) is 18.9 Å². The van der Waals surface area contributed by atoms with Gasteiger partial charge in [-0.2, -0.15) is 4.57 Å². The summed E-state index contributed by atoms with van der Waals surface area (Å²) >= 11 is 0. The van der Waals surface area contributed by atoms with Gasteiger partial charge in [-0.1, -0.05) is 48.5 Å². The van der Waals surface area contributed by atoms with Crippen LogP contribution >= 0.6 is 0 Å². The van der Waals surface area contributed by atoms with Crippen LogP contribution < -0.4 is 4.57 Å². The van der Waals surface area contributed by atoms with Gasteiger partial charge in [-0.25, -0.2) is 4.57 Å². The molecule has 0 atom stereocenters. The van der Waals surface area contributed by atoms with E-state index in [2.05, 4.69) is 95.0 Å². The lowest BCUT2D eigenvalue weighted by atomic mass is 10.2. The summed E-state index contributed by atoms with van der Waals surface area (Å²) in [6.45, 7) is 5.22. The van der Waals surface area contributed by atoms with Gasteiger partial charge in [0.25, 0.3) is 5.82 Å². The third-order valence-corrected chi connectivity index (χ3v) is 4.54. The van der Waals surface area contributed by atoms with Crippen molar-refractivity contribution in [3.05, 3.63) is 83.9 Å². The predicted molar refractivity (Wildman–Crippen MR) is 92.8 cm³/mol. The first kappa shape index (κ1) is 13.8. The first-order valence-electron chi connectivity index (χ1n) is 7.93. The number of nitrogens with one attached hydrogen (secondary N) is 1. The molecule has 2 aromatic heterocycles. The van der Waals surface area contributed by atoms with Gasteiger partial charge in [-0.15, -0.1) is 0 Å². The topological polar surface area (TPSA) is 24.6 Å². The Balaban J connectivity index is 1.76. The highest BCUT2D eigenvalue weighted by Crippen LogP contribution is 2.24. The van der Waals surface area contributed by atoms with Gasteiger partial charge >= 0.3 is 0 Å². The molecule has 4 aromatic rings. The number of hydrogen-bond acceptors (Lipinski definition) is 0. The second kappa shape index (κ2) is 5.43. The Hall–Kier alpha value is -2.81. The molecule has 2 heterocycles. The van der Waals surface area contributed by atoms with E-state index in [1.54, 1.807) is 0 Å². The van der Waals surface area contributed by atoms with Crippen molar-refractivity contribution in [1.29, 1.82) is 0 Å². The largest absolute Gasteiger partial charge is 0.321 e. The lowest BCUT2D eigenvalue weighted by Gasteiger charge is -2.01. The van der Waals surface area contributed by atoms with Crippen molar-refractivity contribution in [1.82, 2.24) is 9.55 Å². The van der Waals surface area contributed by atoms with Gasteiger partial charge in [0.05, 0.1) is 0 Å². The Morgan fingerprint density at radius 1 is 0.957 bits per heavy atom. The maximum absolute atomic E-state index is 3.55. The summed E-state index contributed by atoms with van der Waals surface area (Å²) in [6.07, 6.45) is 4.28. The number of para-hydroxylation sites is 1. The van der Waals surface area contributed by atoms with Crippen LogP contribution in [0.2, 0.25) is 0 Å². The maximum atomic E-state index is 3.55. The number of H-pyrrole nitrogens is 1. The SMILES string of the molecule is Cc1c(-n2cc[n+](Cc3ccccc3)c2C)[nH]c2ccccc12. The van der Waals surface area contributed by atoms with E-state index in [0.29, 0.717) is 0 Å².